The third-order valence-electron chi connectivity index (χ3n) is 5.73. The highest BCUT2D eigenvalue weighted by Gasteiger charge is 2.39. The predicted molar refractivity (Wildman–Crippen MR) is 136 cm³/mol. The van der Waals surface area contributed by atoms with Crippen LogP contribution in [0.25, 0.3) is 0 Å². The fourth-order valence-corrected chi connectivity index (χ4v) is 6.11. The molecule has 2 aromatic carbocycles. The van der Waals surface area contributed by atoms with E-state index in [1.54, 1.807) is 18.9 Å². The van der Waals surface area contributed by atoms with Crippen LogP contribution in [0, 0.1) is 13.8 Å². The van der Waals surface area contributed by atoms with E-state index in [0.29, 0.717) is 6.54 Å². The number of fused-ring (bicyclic) bond motifs is 1. The molecule has 0 bridgehead atoms. The Morgan fingerprint density at radius 3 is 2.50 bits per heavy atom. The van der Waals surface area contributed by atoms with Crippen LogP contribution >= 0.6 is 23.5 Å². The molecule has 0 N–H and O–H groups in total. The SMILES string of the molecule is CCCCN1C(=O)/C(=C2/Sc3ccc(OC)cc3N2CC)SC1=Nc1ccc(C)c(C)c1. The lowest BCUT2D eigenvalue weighted by Gasteiger charge is -2.19. The van der Waals surface area contributed by atoms with Gasteiger partial charge in [-0.1, -0.05) is 31.2 Å². The molecular formula is C25H29N3O2S2. The smallest absolute Gasteiger partial charge is 0.269 e. The zero-order valence-corrected chi connectivity index (χ0v) is 20.9. The molecule has 7 heteroatoms. The number of hydrogen-bond donors (Lipinski definition) is 0. The molecule has 2 aliphatic heterocycles. The lowest BCUT2D eigenvalue weighted by Crippen LogP contribution is -2.30. The molecule has 2 aromatic rings. The number of carbonyl (C=O) groups is 1. The number of methoxy groups -OCH3 is 1. The predicted octanol–water partition coefficient (Wildman–Crippen LogP) is 6.48. The minimum Gasteiger partial charge on any atom is -0.497 e. The molecular weight excluding hydrogens is 438 g/mol. The average Bonchev–Trinajstić information content (AvgIpc) is 3.31. The summed E-state index contributed by atoms with van der Waals surface area (Å²) in [7, 11) is 1.68. The maximum Gasteiger partial charge on any atom is 0.269 e. The highest BCUT2D eigenvalue weighted by molar-refractivity contribution is 8.19. The van der Waals surface area contributed by atoms with Crippen molar-refractivity contribution in [2.45, 2.75) is 45.4 Å². The summed E-state index contributed by atoms with van der Waals surface area (Å²) in [6.07, 6.45) is 1.97. The Morgan fingerprint density at radius 2 is 1.81 bits per heavy atom. The van der Waals surface area contributed by atoms with E-state index in [1.165, 1.54) is 22.9 Å². The standard InChI is InChI=1S/C25H29N3O2S2/c1-6-8-13-28-23(29)22(32-25(28)26-18-10-9-16(3)17(4)14-18)24-27(7-2)20-15-19(30-5)11-12-21(20)31-24/h9-12,14-15H,6-8,13H2,1-5H3/b24-22-,26-25?. The number of carbonyl (C=O) groups excluding carboxylic acids is 1. The molecule has 1 saturated heterocycles. The molecule has 0 aliphatic carbocycles. The second kappa shape index (κ2) is 9.63. The van der Waals surface area contributed by atoms with E-state index in [-0.39, 0.29) is 5.91 Å². The first-order valence-electron chi connectivity index (χ1n) is 11.0. The topological polar surface area (TPSA) is 45.1 Å². The van der Waals surface area contributed by atoms with Crippen LogP contribution in [0.5, 0.6) is 5.75 Å². The lowest BCUT2D eigenvalue weighted by atomic mass is 10.1. The number of thioether (sulfide) groups is 2. The van der Waals surface area contributed by atoms with Crippen molar-refractivity contribution in [2.24, 2.45) is 4.99 Å². The fourth-order valence-electron chi connectivity index (χ4n) is 3.71. The van der Waals surface area contributed by atoms with Crippen molar-refractivity contribution in [3.8, 4) is 5.75 Å². The van der Waals surface area contributed by atoms with Crippen molar-refractivity contribution in [3.05, 3.63) is 57.5 Å². The first-order chi connectivity index (χ1) is 15.5. The molecule has 32 heavy (non-hydrogen) atoms. The number of unbranched alkanes of at least 4 members (excludes halogenated alkanes) is 1. The van der Waals surface area contributed by atoms with Crippen LogP contribution in [0.2, 0.25) is 0 Å². The van der Waals surface area contributed by atoms with E-state index in [2.05, 4.69) is 50.8 Å². The van der Waals surface area contributed by atoms with E-state index < -0.39 is 0 Å². The fraction of sp³-hybridized carbons (Fsp3) is 0.360. The van der Waals surface area contributed by atoms with Gasteiger partial charge in [-0.25, -0.2) is 4.99 Å². The van der Waals surface area contributed by atoms with E-state index in [9.17, 15) is 4.79 Å². The molecule has 0 saturated carbocycles. The van der Waals surface area contributed by atoms with Gasteiger partial charge in [-0.2, -0.15) is 0 Å². The van der Waals surface area contributed by atoms with Gasteiger partial charge in [0.1, 0.15) is 15.7 Å². The summed E-state index contributed by atoms with van der Waals surface area (Å²) in [5.74, 6) is 0.868. The minimum absolute atomic E-state index is 0.0479. The zero-order valence-electron chi connectivity index (χ0n) is 19.3. The first-order valence-corrected chi connectivity index (χ1v) is 12.6. The van der Waals surface area contributed by atoms with E-state index >= 15 is 0 Å². The van der Waals surface area contributed by atoms with E-state index in [0.717, 1.165) is 56.5 Å². The quantitative estimate of drug-likeness (QED) is 0.455. The lowest BCUT2D eigenvalue weighted by molar-refractivity contribution is -0.122. The van der Waals surface area contributed by atoms with Gasteiger partial charge in [0.05, 0.1) is 18.5 Å². The molecule has 2 heterocycles. The van der Waals surface area contributed by atoms with Gasteiger partial charge >= 0.3 is 0 Å². The third kappa shape index (κ3) is 4.28. The Morgan fingerprint density at radius 1 is 1.00 bits per heavy atom. The number of hydrogen-bond acceptors (Lipinski definition) is 6. The Balaban J connectivity index is 1.74. The van der Waals surface area contributed by atoms with Crippen LogP contribution in [-0.2, 0) is 4.79 Å². The molecule has 0 radical (unpaired) electrons. The van der Waals surface area contributed by atoms with Crippen LogP contribution in [-0.4, -0.2) is 36.2 Å². The molecule has 5 nitrogen and oxygen atoms in total. The number of rotatable bonds is 6. The average molecular weight is 468 g/mol. The molecule has 0 atom stereocenters. The van der Waals surface area contributed by atoms with Crippen molar-refractivity contribution in [1.29, 1.82) is 0 Å². The van der Waals surface area contributed by atoms with Crippen LogP contribution in [0.15, 0.2) is 56.2 Å². The van der Waals surface area contributed by atoms with Gasteiger partial charge in [0.15, 0.2) is 5.17 Å². The third-order valence-corrected chi connectivity index (χ3v) is 8.11. The van der Waals surface area contributed by atoms with Crippen LogP contribution in [0.3, 0.4) is 0 Å². The first kappa shape index (κ1) is 22.8. The Bertz CT molecular complexity index is 1110. The molecule has 1 amide bonds. The van der Waals surface area contributed by atoms with Crippen molar-refractivity contribution >= 4 is 46.0 Å². The van der Waals surface area contributed by atoms with Crippen molar-refractivity contribution in [3.63, 3.8) is 0 Å². The summed E-state index contributed by atoms with van der Waals surface area (Å²) >= 11 is 3.15. The van der Waals surface area contributed by atoms with E-state index in [1.807, 2.05) is 23.1 Å². The second-order valence-electron chi connectivity index (χ2n) is 7.89. The maximum atomic E-state index is 13.6. The van der Waals surface area contributed by atoms with Crippen LogP contribution < -0.4 is 9.64 Å². The Hall–Kier alpha value is -2.38. The zero-order chi connectivity index (χ0) is 22.8. The minimum atomic E-state index is 0.0479. The Kier molecular flexibility index (Phi) is 6.86. The Labute approximate surface area is 198 Å². The molecule has 0 spiro atoms. The van der Waals surface area contributed by atoms with Gasteiger partial charge in [0.2, 0.25) is 0 Å². The summed E-state index contributed by atoms with van der Waals surface area (Å²) in [5.41, 5.74) is 4.42. The number of ether oxygens (including phenoxy) is 1. The second-order valence-corrected chi connectivity index (χ2v) is 9.90. The number of anilines is 1. The molecule has 4 rings (SSSR count). The number of aryl methyl sites for hydroxylation is 2. The van der Waals surface area contributed by atoms with Crippen molar-refractivity contribution < 1.29 is 9.53 Å². The molecule has 168 valence electrons. The monoisotopic (exact) mass is 467 g/mol. The largest absolute Gasteiger partial charge is 0.497 e. The summed E-state index contributed by atoms with van der Waals surface area (Å²) in [6, 6.07) is 12.3. The summed E-state index contributed by atoms with van der Waals surface area (Å²) in [5, 5.41) is 1.75. The van der Waals surface area contributed by atoms with Gasteiger partial charge in [-0.15, -0.1) is 0 Å². The molecule has 0 unspecified atom stereocenters. The summed E-state index contributed by atoms with van der Waals surface area (Å²) in [4.78, 5) is 24.4. The maximum absolute atomic E-state index is 13.6. The highest BCUT2D eigenvalue weighted by Crippen LogP contribution is 2.51. The number of aliphatic imine (C=N–C) groups is 1. The number of nitrogens with zero attached hydrogens (tertiary/aromatic N) is 3. The summed E-state index contributed by atoms with van der Waals surface area (Å²) < 4.78 is 5.43. The normalized spacial score (nSPS) is 19.3. The van der Waals surface area contributed by atoms with Gasteiger partial charge in [0, 0.05) is 24.1 Å². The van der Waals surface area contributed by atoms with Gasteiger partial charge in [0.25, 0.3) is 5.91 Å². The van der Waals surface area contributed by atoms with Gasteiger partial charge < -0.3 is 9.64 Å². The van der Waals surface area contributed by atoms with E-state index in [4.69, 9.17) is 9.73 Å². The highest BCUT2D eigenvalue weighted by atomic mass is 32.2. The van der Waals surface area contributed by atoms with Crippen LogP contribution in [0.1, 0.15) is 37.8 Å². The van der Waals surface area contributed by atoms with Crippen molar-refractivity contribution in [1.82, 2.24) is 4.90 Å². The van der Waals surface area contributed by atoms with Gasteiger partial charge in [-0.05, 0) is 74.3 Å². The van der Waals surface area contributed by atoms with Gasteiger partial charge in [-0.3, -0.25) is 9.69 Å². The molecule has 2 aliphatic rings. The number of benzene rings is 2. The summed E-state index contributed by atoms with van der Waals surface area (Å²) in [6.45, 7) is 9.90. The van der Waals surface area contributed by atoms with Crippen LogP contribution in [0.4, 0.5) is 11.4 Å². The molecule has 1 fully saturated rings. The number of amides is 1. The number of amidine groups is 1. The van der Waals surface area contributed by atoms with Crippen molar-refractivity contribution in [2.75, 3.05) is 25.1 Å². The molecule has 0 aromatic heterocycles.